The molecule has 0 saturated heterocycles. The van der Waals surface area contributed by atoms with Gasteiger partial charge < -0.3 is 0 Å². The van der Waals surface area contributed by atoms with Crippen LogP contribution in [0.5, 0.6) is 5.75 Å². The van der Waals surface area contributed by atoms with Gasteiger partial charge in [-0.05, 0) is 11.8 Å². The van der Waals surface area contributed by atoms with E-state index in [4.69, 9.17) is 4.74 Å². The molecule has 0 amide bonds. The molecule has 1 aliphatic rings. The fourth-order valence-electron chi connectivity index (χ4n) is 5.53. The first-order valence-electron chi connectivity index (χ1n) is 13.4. The van der Waals surface area contributed by atoms with Gasteiger partial charge in [0.1, 0.15) is 0 Å². The van der Waals surface area contributed by atoms with Gasteiger partial charge in [0.25, 0.3) is 0 Å². The van der Waals surface area contributed by atoms with Gasteiger partial charge in [0.05, 0.1) is 0 Å². The summed E-state index contributed by atoms with van der Waals surface area (Å²) in [5.41, 5.74) is 5.96. The monoisotopic (exact) mass is 555 g/mol. The van der Waals surface area contributed by atoms with Crippen LogP contribution in [0.4, 0.5) is 0 Å². The van der Waals surface area contributed by atoms with Crippen molar-refractivity contribution < 1.29 is 25.9 Å². The van der Waals surface area contributed by atoms with E-state index in [9.17, 15) is 0 Å². The van der Waals surface area contributed by atoms with Gasteiger partial charge >= 0.3 is 154 Å². The summed E-state index contributed by atoms with van der Waals surface area (Å²) in [6.45, 7) is 18.9. The number of ether oxygens (including phenoxy) is 1. The van der Waals surface area contributed by atoms with Gasteiger partial charge in [-0.15, -0.1) is 0 Å². The molecule has 0 aromatic heterocycles. The Kier molecular flexibility index (Phi) is 11.4. The van der Waals surface area contributed by atoms with Crippen molar-refractivity contribution in [3.63, 3.8) is 0 Å². The Morgan fingerprint density at radius 3 is 1.94 bits per heavy atom. The third-order valence-electron chi connectivity index (χ3n) is 8.00. The normalized spacial score (nSPS) is 20.3. The second-order valence-corrected chi connectivity index (χ2v) is 13.8. The van der Waals surface area contributed by atoms with Crippen LogP contribution in [0.15, 0.2) is 0 Å². The topological polar surface area (TPSA) is 9.23 Å². The first kappa shape index (κ1) is 28.0. The van der Waals surface area contributed by atoms with Crippen molar-refractivity contribution in [3.05, 3.63) is 25.8 Å². The van der Waals surface area contributed by atoms with E-state index in [0.717, 1.165) is 17.8 Å². The molecule has 186 valence electrons. The number of halogens is 1. The molecule has 0 fully saturated rings. The second-order valence-electron chi connectivity index (χ2n) is 11.6. The van der Waals surface area contributed by atoms with Gasteiger partial charge in [-0.25, -0.2) is 0 Å². The molecule has 0 aliphatic carbocycles. The van der Waals surface area contributed by atoms with E-state index in [1.165, 1.54) is 98.6 Å². The third-order valence-corrected chi connectivity index (χ3v) is 10.7. The summed E-state index contributed by atoms with van der Waals surface area (Å²) in [7, 11) is 0. The number of hydrogen-bond donors (Lipinski definition) is 0. The summed E-state index contributed by atoms with van der Waals surface area (Å²) < 4.78 is 8.42. The van der Waals surface area contributed by atoms with E-state index in [1.807, 2.05) is 0 Å². The molecule has 2 heteroatoms. The molecule has 0 radical (unpaired) electrons. The Morgan fingerprint density at radius 1 is 0.812 bits per heavy atom. The number of hydrogen-bond acceptors (Lipinski definition) is 1. The molecule has 0 saturated carbocycles. The summed E-state index contributed by atoms with van der Waals surface area (Å²) in [6, 6.07) is 0. The summed E-state index contributed by atoms with van der Waals surface area (Å²) in [5.74, 6) is 3.84. The number of alkyl halides is 1. The fraction of sp³-hybridized carbons (Fsp3) is 0.800. The average Bonchev–Trinajstić information content (AvgIpc) is 2.72. The van der Waals surface area contributed by atoms with Crippen molar-refractivity contribution in [2.45, 2.75) is 132 Å². The van der Waals surface area contributed by atoms with Gasteiger partial charge in [0.15, 0.2) is 0 Å². The van der Waals surface area contributed by atoms with Crippen molar-refractivity contribution >= 4 is 0 Å². The summed E-state index contributed by atoms with van der Waals surface area (Å²) in [5, 5.41) is 0. The van der Waals surface area contributed by atoms with E-state index >= 15 is 0 Å². The summed E-state index contributed by atoms with van der Waals surface area (Å²) in [4.78, 5) is 2.39. The number of rotatable bonds is 13. The van der Waals surface area contributed by atoms with Crippen LogP contribution >= 0.6 is 0 Å². The maximum atomic E-state index is 6.77. The molecule has 1 heterocycles. The minimum atomic E-state index is 0.0179. The van der Waals surface area contributed by atoms with Crippen LogP contribution in [-0.4, -0.2) is 10.5 Å². The molecule has 1 aliphatic heterocycles. The van der Waals surface area contributed by atoms with Crippen molar-refractivity contribution in [2.75, 3.05) is 4.93 Å². The zero-order chi connectivity index (χ0) is 23.9. The average molecular weight is 556 g/mol. The van der Waals surface area contributed by atoms with E-state index in [1.54, 1.807) is 3.57 Å². The molecule has 0 unspecified atom stereocenters. The Hall–Kier alpha value is -0.250. The van der Waals surface area contributed by atoms with Crippen LogP contribution in [0.1, 0.15) is 121 Å². The Labute approximate surface area is 211 Å². The molecule has 0 bridgehead atoms. The van der Waals surface area contributed by atoms with Crippen LogP contribution in [0.2, 0.25) is 0 Å². The molecule has 32 heavy (non-hydrogen) atoms. The van der Waals surface area contributed by atoms with E-state index in [-0.39, 0.29) is 26.8 Å². The van der Waals surface area contributed by atoms with Crippen LogP contribution in [0, 0.1) is 42.1 Å². The van der Waals surface area contributed by atoms with Gasteiger partial charge in [0, 0.05) is 0 Å². The molecule has 3 atom stereocenters. The van der Waals surface area contributed by atoms with Gasteiger partial charge in [-0.2, -0.15) is 0 Å². The Bertz CT molecular complexity index is 722. The maximum absolute atomic E-state index is 6.77. The van der Waals surface area contributed by atoms with Gasteiger partial charge in [-0.1, -0.05) is 46.5 Å². The quantitative estimate of drug-likeness (QED) is 0.214. The van der Waals surface area contributed by atoms with E-state index < -0.39 is 0 Å². The van der Waals surface area contributed by atoms with Gasteiger partial charge in [0.2, 0.25) is 0 Å². The standard InChI is InChI=1S/C30H52IO/c1-21(2)13-10-14-22(3)15-11-16-23(4)17-12-19-30(8)20-18-27-26(7)28(31-9)24(5)25(6)29(27)32-30/h21-23H,10-20H2,1-9H3/q-1/t22-,23-,30-/m1/s1. The molecule has 2 rings (SSSR count). The third kappa shape index (κ3) is 7.91. The molecule has 1 aromatic carbocycles. The summed E-state index contributed by atoms with van der Waals surface area (Å²) >= 11 is 0.119. The molecule has 1 nitrogen and oxygen atoms in total. The Morgan fingerprint density at radius 2 is 1.38 bits per heavy atom. The van der Waals surface area contributed by atoms with Crippen molar-refractivity contribution in [1.29, 1.82) is 0 Å². The molecular formula is C30H52IO-. The van der Waals surface area contributed by atoms with Crippen LogP contribution in [-0.2, 0) is 6.42 Å². The first-order valence-corrected chi connectivity index (χ1v) is 16.6. The summed E-state index contributed by atoms with van der Waals surface area (Å²) in [6.07, 6.45) is 14.7. The predicted molar refractivity (Wildman–Crippen MR) is 137 cm³/mol. The van der Waals surface area contributed by atoms with Crippen molar-refractivity contribution in [3.8, 4) is 5.75 Å². The predicted octanol–water partition coefficient (Wildman–Crippen LogP) is 6.02. The minimum absolute atomic E-state index is 0.0179. The zero-order valence-corrected chi connectivity index (χ0v) is 25.0. The van der Waals surface area contributed by atoms with E-state index in [0.29, 0.717) is 0 Å². The molecule has 0 spiro atoms. The van der Waals surface area contributed by atoms with E-state index in [2.05, 4.69) is 60.3 Å². The van der Waals surface area contributed by atoms with Crippen molar-refractivity contribution in [1.82, 2.24) is 0 Å². The second kappa shape index (κ2) is 13.0. The molecule has 0 N–H and O–H groups in total. The number of fused-ring (bicyclic) bond motifs is 1. The molecular weight excluding hydrogens is 503 g/mol. The first-order chi connectivity index (χ1) is 15.1. The van der Waals surface area contributed by atoms with Crippen LogP contribution in [0.25, 0.3) is 0 Å². The molecule has 1 aromatic rings. The fourth-order valence-corrected chi connectivity index (χ4v) is 7.88. The van der Waals surface area contributed by atoms with Crippen molar-refractivity contribution in [2.24, 2.45) is 17.8 Å². The number of benzene rings is 1. The van der Waals surface area contributed by atoms with Crippen LogP contribution < -0.4 is 25.9 Å². The zero-order valence-electron chi connectivity index (χ0n) is 22.8. The van der Waals surface area contributed by atoms with Crippen LogP contribution in [0.3, 0.4) is 0 Å². The Balaban J connectivity index is 1.77. The van der Waals surface area contributed by atoms with Gasteiger partial charge in [-0.3, -0.25) is 0 Å². The SMILES string of the molecule is C[I-]c1c(C)c(C)c2c(c1C)CC[C@@](C)(CCC[C@H](C)CCC[C@H](C)CCCC(C)C)O2.